The number of oxime groups is 1. The number of halogens is 1. The van der Waals surface area contributed by atoms with E-state index in [1.165, 1.54) is 6.33 Å². The smallest absolute Gasteiger partial charge is 0.165 e. The molecule has 1 aliphatic heterocycles. The van der Waals surface area contributed by atoms with Crippen molar-refractivity contribution in [1.82, 2.24) is 19.5 Å². The number of aliphatic hydroxyl groups excluding tert-OH is 1. The minimum atomic E-state index is -0.547. The summed E-state index contributed by atoms with van der Waals surface area (Å²) >= 11 is 6.15. The molecule has 3 aromatic rings. The molecule has 5 rings (SSSR count). The second kappa shape index (κ2) is 6.03. The van der Waals surface area contributed by atoms with E-state index >= 15 is 0 Å². The largest absolute Gasteiger partial charge is 0.389 e. The molecule has 26 heavy (non-hydrogen) atoms. The molecule has 0 unspecified atom stereocenters. The number of benzene rings is 1. The molecule has 4 atom stereocenters. The average Bonchev–Trinajstić information content (AvgIpc) is 3.29. The highest BCUT2D eigenvalue weighted by molar-refractivity contribution is 6.33. The molecular weight excluding hydrogens is 354 g/mol. The highest BCUT2D eigenvalue weighted by atomic mass is 35.5. The first-order chi connectivity index (χ1) is 12.7. The monoisotopic (exact) mass is 369 g/mol. The molecule has 2 aliphatic rings. The molecule has 0 radical (unpaired) electrons. The number of aliphatic hydroxyl groups is 1. The third-order valence-electron chi connectivity index (χ3n) is 5.24. The highest BCUT2D eigenvalue weighted by Gasteiger charge is 2.48. The Kier molecular flexibility index (Phi) is 3.65. The Labute approximate surface area is 154 Å². The summed E-state index contributed by atoms with van der Waals surface area (Å²) in [6.45, 7) is 0. The van der Waals surface area contributed by atoms with Crippen LogP contribution in [0.4, 0.5) is 0 Å². The van der Waals surface area contributed by atoms with E-state index in [1.54, 1.807) is 6.33 Å². The van der Waals surface area contributed by atoms with Crippen LogP contribution in [0.3, 0.4) is 0 Å². The summed E-state index contributed by atoms with van der Waals surface area (Å²) in [5.41, 5.74) is 3.11. The molecular formula is C18H16ClN5O2. The summed E-state index contributed by atoms with van der Waals surface area (Å²) in [6, 6.07) is 9.94. The van der Waals surface area contributed by atoms with Gasteiger partial charge in [-0.15, -0.1) is 0 Å². The molecule has 2 aromatic heterocycles. The van der Waals surface area contributed by atoms with Gasteiger partial charge in [-0.1, -0.05) is 47.1 Å². The van der Waals surface area contributed by atoms with Gasteiger partial charge in [-0.25, -0.2) is 15.0 Å². The number of rotatable bonds is 2. The molecule has 1 aliphatic carbocycles. The normalized spacial score (nSPS) is 27.8. The van der Waals surface area contributed by atoms with Crippen LogP contribution in [-0.2, 0) is 4.84 Å². The second-order valence-corrected chi connectivity index (χ2v) is 7.00. The van der Waals surface area contributed by atoms with Gasteiger partial charge in [0, 0.05) is 6.04 Å². The number of aromatic nitrogens is 4. The fourth-order valence-corrected chi connectivity index (χ4v) is 4.20. The van der Waals surface area contributed by atoms with Gasteiger partial charge in [-0.2, -0.15) is 0 Å². The van der Waals surface area contributed by atoms with Gasteiger partial charge in [0.15, 0.2) is 16.9 Å². The van der Waals surface area contributed by atoms with Crippen LogP contribution in [0.25, 0.3) is 11.2 Å². The molecule has 132 valence electrons. The van der Waals surface area contributed by atoms with E-state index in [9.17, 15) is 5.11 Å². The zero-order valence-corrected chi connectivity index (χ0v) is 14.5. The van der Waals surface area contributed by atoms with Crippen molar-refractivity contribution in [2.24, 2.45) is 11.1 Å². The maximum absolute atomic E-state index is 10.4. The van der Waals surface area contributed by atoms with Crippen molar-refractivity contribution < 1.29 is 9.94 Å². The van der Waals surface area contributed by atoms with Crippen LogP contribution in [0, 0.1) is 5.92 Å². The maximum atomic E-state index is 10.4. The fraction of sp³-hybridized carbons (Fsp3) is 0.333. The van der Waals surface area contributed by atoms with Gasteiger partial charge in [-0.3, -0.25) is 0 Å². The molecule has 0 spiro atoms. The predicted octanol–water partition coefficient (Wildman–Crippen LogP) is 2.59. The second-order valence-electron chi connectivity index (χ2n) is 6.64. The van der Waals surface area contributed by atoms with Gasteiger partial charge >= 0.3 is 0 Å². The van der Waals surface area contributed by atoms with E-state index in [1.807, 2.05) is 34.9 Å². The lowest BCUT2D eigenvalue weighted by Crippen LogP contribution is -2.44. The summed E-state index contributed by atoms with van der Waals surface area (Å²) in [5.74, 6) is -0.0905. The first-order valence-electron chi connectivity index (χ1n) is 8.54. The summed E-state index contributed by atoms with van der Waals surface area (Å²) < 4.78 is 2.01. The van der Waals surface area contributed by atoms with Gasteiger partial charge in [-0.05, 0) is 18.4 Å². The van der Waals surface area contributed by atoms with Gasteiger partial charge < -0.3 is 14.5 Å². The van der Waals surface area contributed by atoms with Crippen molar-refractivity contribution in [3.8, 4) is 0 Å². The van der Waals surface area contributed by atoms with E-state index < -0.39 is 6.10 Å². The number of imidazole rings is 1. The van der Waals surface area contributed by atoms with Gasteiger partial charge in [0.05, 0.1) is 24.1 Å². The van der Waals surface area contributed by atoms with Crippen molar-refractivity contribution in [2.75, 3.05) is 0 Å². The zero-order valence-electron chi connectivity index (χ0n) is 13.7. The van der Waals surface area contributed by atoms with Crippen molar-refractivity contribution in [3.05, 3.63) is 53.7 Å². The molecule has 1 saturated carbocycles. The number of nitrogens with zero attached hydrogens (tertiary/aromatic N) is 5. The van der Waals surface area contributed by atoms with E-state index in [0.29, 0.717) is 22.7 Å². The third kappa shape index (κ3) is 2.31. The molecule has 8 heteroatoms. The van der Waals surface area contributed by atoms with Crippen molar-refractivity contribution in [3.63, 3.8) is 0 Å². The topological polar surface area (TPSA) is 85.4 Å². The Hall–Kier alpha value is -2.51. The Morgan fingerprint density at radius 2 is 1.96 bits per heavy atom. The van der Waals surface area contributed by atoms with E-state index in [0.717, 1.165) is 17.7 Å². The fourth-order valence-electron chi connectivity index (χ4n) is 4.03. The Morgan fingerprint density at radius 1 is 1.12 bits per heavy atom. The highest BCUT2D eigenvalue weighted by Crippen LogP contribution is 2.42. The molecule has 3 heterocycles. The van der Waals surface area contributed by atoms with Gasteiger partial charge in [0.25, 0.3) is 0 Å². The first kappa shape index (κ1) is 15.7. The SMILES string of the molecule is O[C@H]1CC[C@@H](n2cnc3c(Cl)ncnc32)[C@@H]2C(c3ccccc3)=NO[C@@H]21. The standard InChI is InChI=1S/C18H16ClN5O2/c19-17-15-18(21-8-20-17)24(9-22-15)11-6-7-12(25)16-13(11)14(23-26-16)10-4-2-1-3-5-10/h1-5,8-9,11-13,16,25H,6-7H2/t11-,12+,13-,16-/m1/s1. The minimum Gasteiger partial charge on any atom is -0.389 e. The lowest BCUT2D eigenvalue weighted by atomic mass is 9.76. The Balaban J connectivity index is 1.61. The van der Waals surface area contributed by atoms with Crippen LogP contribution in [0.15, 0.2) is 48.1 Å². The van der Waals surface area contributed by atoms with E-state index in [2.05, 4.69) is 20.1 Å². The lowest BCUT2D eigenvalue weighted by molar-refractivity contribution is -0.0673. The Morgan fingerprint density at radius 3 is 2.81 bits per heavy atom. The van der Waals surface area contributed by atoms with Crippen LogP contribution in [0.5, 0.6) is 0 Å². The van der Waals surface area contributed by atoms with Crippen molar-refractivity contribution >= 4 is 28.5 Å². The Bertz CT molecular complexity index is 990. The van der Waals surface area contributed by atoms with Crippen molar-refractivity contribution in [1.29, 1.82) is 0 Å². The van der Waals surface area contributed by atoms with Gasteiger partial charge in [0.2, 0.25) is 0 Å². The lowest BCUT2D eigenvalue weighted by Gasteiger charge is -2.36. The first-order valence-corrected chi connectivity index (χ1v) is 8.92. The van der Waals surface area contributed by atoms with Crippen LogP contribution >= 0.6 is 11.6 Å². The van der Waals surface area contributed by atoms with Crippen LogP contribution < -0.4 is 0 Å². The minimum absolute atomic E-state index is 0.0147. The number of hydrogen-bond donors (Lipinski definition) is 1. The van der Waals surface area contributed by atoms with E-state index in [4.69, 9.17) is 16.4 Å². The maximum Gasteiger partial charge on any atom is 0.165 e. The van der Waals surface area contributed by atoms with Crippen molar-refractivity contribution in [2.45, 2.75) is 31.1 Å². The molecule has 0 saturated heterocycles. The number of hydrogen-bond acceptors (Lipinski definition) is 6. The molecule has 0 amide bonds. The quantitative estimate of drug-likeness (QED) is 0.702. The summed E-state index contributed by atoms with van der Waals surface area (Å²) in [5, 5.41) is 15.1. The molecule has 7 nitrogen and oxygen atoms in total. The predicted molar refractivity (Wildman–Crippen MR) is 96.0 cm³/mol. The molecule has 0 bridgehead atoms. The zero-order chi connectivity index (χ0) is 17.7. The van der Waals surface area contributed by atoms with Crippen LogP contribution in [0.1, 0.15) is 24.4 Å². The molecule has 1 fully saturated rings. The summed E-state index contributed by atoms with van der Waals surface area (Å²) in [7, 11) is 0. The summed E-state index contributed by atoms with van der Waals surface area (Å²) in [6.07, 6.45) is 3.65. The van der Waals surface area contributed by atoms with Crippen LogP contribution in [0.2, 0.25) is 5.15 Å². The van der Waals surface area contributed by atoms with Gasteiger partial charge in [0.1, 0.15) is 11.8 Å². The third-order valence-corrected chi connectivity index (χ3v) is 5.51. The molecule has 1 N–H and O–H groups in total. The van der Waals surface area contributed by atoms with Crippen LogP contribution in [-0.4, -0.2) is 42.5 Å². The van der Waals surface area contributed by atoms with E-state index in [-0.39, 0.29) is 18.1 Å². The molecule has 1 aromatic carbocycles. The summed E-state index contributed by atoms with van der Waals surface area (Å²) in [4.78, 5) is 18.4. The number of fused-ring (bicyclic) bond motifs is 2. The average molecular weight is 370 g/mol.